The van der Waals surface area contributed by atoms with Gasteiger partial charge in [0.2, 0.25) is 0 Å². The fourth-order valence-electron chi connectivity index (χ4n) is 1.87. The predicted octanol–water partition coefficient (Wildman–Crippen LogP) is 0.190. The van der Waals surface area contributed by atoms with E-state index in [-0.39, 0.29) is 12.1 Å². The van der Waals surface area contributed by atoms with Crippen molar-refractivity contribution >= 4 is 0 Å². The molecule has 1 heterocycles. The normalized spacial score (nSPS) is 28.1. The molecule has 1 aliphatic heterocycles. The largest absolute Gasteiger partial charge is 0.390 e. The standard InChI is InChI=1S/C11H16N2O/c12-10-7-13(8-11(10)14)6-9-4-2-1-3-5-9/h1-5,10-11,14H,6-8,12H2/t10?,11-/m0/s1. The van der Waals surface area contributed by atoms with Gasteiger partial charge in [0.05, 0.1) is 6.10 Å². The van der Waals surface area contributed by atoms with Crippen molar-refractivity contribution < 1.29 is 5.11 Å². The van der Waals surface area contributed by atoms with Gasteiger partial charge in [0.15, 0.2) is 0 Å². The third kappa shape index (κ3) is 2.12. The molecule has 0 bridgehead atoms. The lowest BCUT2D eigenvalue weighted by Crippen LogP contribution is -2.32. The van der Waals surface area contributed by atoms with Crippen molar-refractivity contribution in [2.24, 2.45) is 5.73 Å². The number of nitrogens with two attached hydrogens (primary N) is 1. The van der Waals surface area contributed by atoms with Crippen LogP contribution in [-0.2, 0) is 6.54 Å². The van der Waals surface area contributed by atoms with Crippen LogP contribution in [0, 0.1) is 0 Å². The van der Waals surface area contributed by atoms with Crippen LogP contribution in [0.2, 0.25) is 0 Å². The molecule has 0 radical (unpaired) electrons. The van der Waals surface area contributed by atoms with Crippen molar-refractivity contribution in [2.75, 3.05) is 13.1 Å². The molecule has 1 fully saturated rings. The number of aliphatic hydroxyl groups excluding tert-OH is 1. The average Bonchev–Trinajstić information content (AvgIpc) is 2.47. The van der Waals surface area contributed by atoms with Crippen LogP contribution in [0.1, 0.15) is 5.56 Å². The molecule has 76 valence electrons. The minimum absolute atomic E-state index is 0.0845. The van der Waals surface area contributed by atoms with Gasteiger partial charge in [-0.1, -0.05) is 30.3 Å². The second kappa shape index (κ2) is 4.09. The second-order valence-corrected chi connectivity index (χ2v) is 3.91. The first-order chi connectivity index (χ1) is 6.75. The highest BCUT2D eigenvalue weighted by Gasteiger charge is 2.27. The Hall–Kier alpha value is -0.900. The third-order valence-electron chi connectivity index (χ3n) is 2.66. The van der Waals surface area contributed by atoms with Crippen LogP contribution in [0.15, 0.2) is 30.3 Å². The summed E-state index contributed by atoms with van der Waals surface area (Å²) in [5.41, 5.74) is 7.00. The van der Waals surface area contributed by atoms with Crippen LogP contribution < -0.4 is 5.73 Å². The highest BCUT2D eigenvalue weighted by Crippen LogP contribution is 2.12. The number of hydrogen-bond donors (Lipinski definition) is 2. The summed E-state index contributed by atoms with van der Waals surface area (Å²) in [6.07, 6.45) is -0.362. The Labute approximate surface area is 84.1 Å². The lowest BCUT2D eigenvalue weighted by atomic mass is 10.2. The van der Waals surface area contributed by atoms with Gasteiger partial charge in [-0.2, -0.15) is 0 Å². The molecule has 14 heavy (non-hydrogen) atoms. The molecule has 1 aromatic carbocycles. The maximum absolute atomic E-state index is 9.48. The van der Waals surface area contributed by atoms with Crippen molar-refractivity contribution in [3.63, 3.8) is 0 Å². The number of benzene rings is 1. The molecular weight excluding hydrogens is 176 g/mol. The number of nitrogens with zero attached hydrogens (tertiary/aromatic N) is 1. The highest BCUT2D eigenvalue weighted by atomic mass is 16.3. The molecule has 2 rings (SSSR count). The van der Waals surface area contributed by atoms with E-state index in [0.717, 1.165) is 13.1 Å². The zero-order valence-electron chi connectivity index (χ0n) is 8.13. The predicted molar refractivity (Wildman–Crippen MR) is 55.7 cm³/mol. The monoisotopic (exact) mass is 192 g/mol. The first-order valence-electron chi connectivity index (χ1n) is 4.95. The maximum Gasteiger partial charge on any atom is 0.0830 e. The number of aliphatic hydroxyl groups is 1. The van der Waals surface area contributed by atoms with E-state index in [2.05, 4.69) is 17.0 Å². The maximum atomic E-state index is 9.48. The molecule has 0 spiro atoms. The summed E-state index contributed by atoms with van der Waals surface area (Å²) in [6, 6.07) is 10.2. The Kier molecular flexibility index (Phi) is 2.82. The van der Waals surface area contributed by atoms with E-state index < -0.39 is 0 Å². The summed E-state index contributed by atoms with van der Waals surface area (Å²) < 4.78 is 0. The van der Waals surface area contributed by atoms with Gasteiger partial charge in [-0.05, 0) is 5.56 Å². The van der Waals surface area contributed by atoms with Crippen LogP contribution in [0.3, 0.4) is 0 Å². The topological polar surface area (TPSA) is 49.5 Å². The minimum Gasteiger partial charge on any atom is -0.390 e. The summed E-state index contributed by atoms with van der Waals surface area (Å²) in [7, 11) is 0. The van der Waals surface area contributed by atoms with Gasteiger partial charge in [0, 0.05) is 25.7 Å². The molecule has 3 N–H and O–H groups in total. The summed E-state index contributed by atoms with van der Waals surface area (Å²) in [5.74, 6) is 0. The second-order valence-electron chi connectivity index (χ2n) is 3.91. The first-order valence-corrected chi connectivity index (χ1v) is 4.95. The van der Waals surface area contributed by atoms with Gasteiger partial charge in [0.1, 0.15) is 0 Å². The number of rotatable bonds is 2. The fraction of sp³-hybridized carbons (Fsp3) is 0.455. The van der Waals surface area contributed by atoms with Crippen molar-refractivity contribution in [1.82, 2.24) is 4.90 Å². The molecule has 0 amide bonds. The number of likely N-dealkylation sites (tertiary alicyclic amines) is 1. The summed E-state index contributed by atoms with van der Waals surface area (Å²) in [6.45, 7) is 2.36. The smallest absolute Gasteiger partial charge is 0.0830 e. The summed E-state index contributed by atoms with van der Waals surface area (Å²) in [4.78, 5) is 2.19. The third-order valence-corrected chi connectivity index (χ3v) is 2.66. The molecule has 0 aromatic heterocycles. The van der Waals surface area contributed by atoms with Crippen LogP contribution in [0.4, 0.5) is 0 Å². The molecule has 3 nitrogen and oxygen atoms in total. The van der Waals surface area contributed by atoms with E-state index in [9.17, 15) is 5.11 Å². The summed E-state index contributed by atoms with van der Waals surface area (Å²) in [5, 5.41) is 9.48. The molecule has 1 aliphatic rings. The Morgan fingerprint density at radius 3 is 2.57 bits per heavy atom. The van der Waals surface area contributed by atoms with Crippen molar-refractivity contribution in [3.8, 4) is 0 Å². The van der Waals surface area contributed by atoms with Gasteiger partial charge in [-0.3, -0.25) is 4.90 Å². The van der Waals surface area contributed by atoms with Gasteiger partial charge < -0.3 is 10.8 Å². The lowest BCUT2D eigenvalue weighted by Gasteiger charge is -2.14. The molecule has 1 aromatic rings. The quantitative estimate of drug-likeness (QED) is 0.703. The molecule has 0 aliphatic carbocycles. The zero-order chi connectivity index (χ0) is 9.97. The Bertz CT molecular complexity index is 279. The molecule has 1 unspecified atom stereocenters. The average molecular weight is 192 g/mol. The van der Waals surface area contributed by atoms with E-state index >= 15 is 0 Å². The van der Waals surface area contributed by atoms with Crippen molar-refractivity contribution in [2.45, 2.75) is 18.7 Å². The molecular formula is C11H16N2O. The van der Waals surface area contributed by atoms with Gasteiger partial charge in [0.25, 0.3) is 0 Å². The van der Waals surface area contributed by atoms with Gasteiger partial charge in [-0.25, -0.2) is 0 Å². The molecule has 1 saturated heterocycles. The van der Waals surface area contributed by atoms with E-state index in [1.165, 1.54) is 5.56 Å². The molecule has 2 atom stereocenters. The number of hydrogen-bond acceptors (Lipinski definition) is 3. The lowest BCUT2D eigenvalue weighted by molar-refractivity contribution is 0.164. The Morgan fingerprint density at radius 2 is 2.00 bits per heavy atom. The van der Waals surface area contributed by atoms with Crippen LogP contribution in [-0.4, -0.2) is 35.2 Å². The van der Waals surface area contributed by atoms with Crippen molar-refractivity contribution in [1.29, 1.82) is 0 Å². The first kappa shape index (κ1) is 9.65. The van der Waals surface area contributed by atoms with Gasteiger partial charge in [-0.15, -0.1) is 0 Å². The highest BCUT2D eigenvalue weighted by molar-refractivity contribution is 5.14. The molecule has 3 heteroatoms. The van der Waals surface area contributed by atoms with Crippen LogP contribution in [0.25, 0.3) is 0 Å². The Morgan fingerprint density at radius 1 is 1.29 bits per heavy atom. The Balaban J connectivity index is 1.94. The van der Waals surface area contributed by atoms with Crippen LogP contribution in [0.5, 0.6) is 0 Å². The van der Waals surface area contributed by atoms with E-state index in [4.69, 9.17) is 5.73 Å². The molecule has 0 saturated carbocycles. The van der Waals surface area contributed by atoms with Crippen molar-refractivity contribution in [3.05, 3.63) is 35.9 Å². The van der Waals surface area contributed by atoms with E-state index in [1.807, 2.05) is 18.2 Å². The summed E-state index contributed by atoms with van der Waals surface area (Å²) >= 11 is 0. The van der Waals surface area contributed by atoms with Crippen LogP contribution >= 0.6 is 0 Å². The minimum atomic E-state index is -0.362. The number of β-amino-alcohol motifs (C(OH)–C–C–N with tert-alkyl or cyclic N) is 1. The van der Waals surface area contributed by atoms with Gasteiger partial charge >= 0.3 is 0 Å². The fourth-order valence-corrected chi connectivity index (χ4v) is 1.87. The van der Waals surface area contributed by atoms with E-state index in [0.29, 0.717) is 6.54 Å². The SMILES string of the molecule is NC1CN(Cc2ccccc2)C[C@@H]1O. The van der Waals surface area contributed by atoms with E-state index in [1.54, 1.807) is 0 Å². The zero-order valence-corrected chi connectivity index (χ0v) is 8.13.